The van der Waals surface area contributed by atoms with Gasteiger partial charge in [-0.3, -0.25) is 9.59 Å². The number of carboxylic acids is 1. The Kier molecular flexibility index (Phi) is 7.01. The highest BCUT2D eigenvalue weighted by atomic mass is 16.5. The second kappa shape index (κ2) is 8.79. The second-order valence-corrected chi connectivity index (χ2v) is 4.76. The number of hydrogen-bond acceptors (Lipinski definition) is 3. The summed E-state index contributed by atoms with van der Waals surface area (Å²) >= 11 is 0. The van der Waals surface area contributed by atoms with Gasteiger partial charge in [0.1, 0.15) is 12.4 Å². The molecule has 0 aliphatic rings. The maximum atomic E-state index is 12.2. The Balaban J connectivity index is 2.58. The van der Waals surface area contributed by atoms with Crippen LogP contribution >= 0.6 is 0 Å². The number of aliphatic carboxylic acids is 1. The van der Waals surface area contributed by atoms with Gasteiger partial charge in [-0.2, -0.15) is 0 Å². The summed E-state index contributed by atoms with van der Waals surface area (Å²) in [7, 11) is 0. The molecule has 21 heavy (non-hydrogen) atoms. The Morgan fingerprint density at radius 3 is 2.81 bits per heavy atom. The highest BCUT2D eigenvalue weighted by Gasteiger charge is 2.14. The molecule has 1 rings (SSSR count). The number of hydrogen-bond donors (Lipinski definition) is 2. The van der Waals surface area contributed by atoms with E-state index >= 15 is 0 Å². The Bertz CT molecular complexity index is 499. The molecule has 0 aromatic heterocycles. The molecule has 0 heterocycles. The molecule has 0 fully saturated rings. The zero-order valence-electron chi connectivity index (χ0n) is 12.2. The molecule has 1 aromatic rings. The number of carboxylic acid groups (broad SMARTS) is 1. The van der Waals surface area contributed by atoms with Crippen molar-refractivity contribution in [3.8, 4) is 5.75 Å². The Hall–Kier alpha value is -2.30. The first-order valence-electron chi connectivity index (χ1n) is 6.90. The number of nitrogens with one attached hydrogen (secondary N) is 1. The Labute approximate surface area is 124 Å². The van der Waals surface area contributed by atoms with E-state index in [0.717, 1.165) is 0 Å². The molecule has 1 aromatic carbocycles. The zero-order valence-corrected chi connectivity index (χ0v) is 12.2. The van der Waals surface area contributed by atoms with Gasteiger partial charge in [-0.15, -0.1) is 0 Å². The van der Waals surface area contributed by atoms with Crippen molar-refractivity contribution < 1.29 is 19.4 Å². The van der Waals surface area contributed by atoms with Gasteiger partial charge < -0.3 is 15.2 Å². The van der Waals surface area contributed by atoms with Crippen LogP contribution in [0.15, 0.2) is 36.9 Å². The minimum Gasteiger partial charge on any atom is -0.489 e. The lowest BCUT2D eigenvalue weighted by Crippen LogP contribution is -2.32. The molecular formula is C16H21NO4. The summed E-state index contributed by atoms with van der Waals surface area (Å²) in [5.74, 6) is -0.540. The number of benzene rings is 1. The number of rotatable bonds is 9. The molecule has 114 valence electrons. The molecule has 0 saturated carbocycles. The number of carbonyl (C=O) groups is 2. The fourth-order valence-corrected chi connectivity index (χ4v) is 1.86. The first-order chi connectivity index (χ1) is 10.0. The van der Waals surface area contributed by atoms with E-state index in [1.54, 1.807) is 30.3 Å². The third kappa shape index (κ3) is 6.12. The molecule has 0 aliphatic heterocycles. The topological polar surface area (TPSA) is 75.6 Å². The molecule has 5 heteroatoms. The SMILES string of the molecule is C=CCOc1ccccc1C(=O)NC(C)CCCC(=O)O. The molecule has 0 radical (unpaired) electrons. The highest BCUT2D eigenvalue weighted by Crippen LogP contribution is 2.18. The minimum absolute atomic E-state index is 0.0932. The summed E-state index contributed by atoms with van der Waals surface area (Å²) in [6, 6.07) is 6.89. The highest BCUT2D eigenvalue weighted by molar-refractivity contribution is 5.97. The van der Waals surface area contributed by atoms with Crippen molar-refractivity contribution >= 4 is 11.9 Å². The van der Waals surface area contributed by atoms with Crippen LogP contribution in [-0.2, 0) is 4.79 Å². The quantitative estimate of drug-likeness (QED) is 0.686. The molecule has 0 saturated heterocycles. The lowest BCUT2D eigenvalue weighted by atomic mass is 10.1. The molecule has 1 amide bonds. The van der Waals surface area contributed by atoms with Gasteiger partial charge in [0.05, 0.1) is 5.56 Å². The van der Waals surface area contributed by atoms with Gasteiger partial charge in [-0.1, -0.05) is 24.8 Å². The lowest BCUT2D eigenvalue weighted by molar-refractivity contribution is -0.137. The molecule has 1 unspecified atom stereocenters. The number of ether oxygens (including phenoxy) is 1. The van der Waals surface area contributed by atoms with Crippen LogP contribution in [0.25, 0.3) is 0 Å². The van der Waals surface area contributed by atoms with Crippen LogP contribution < -0.4 is 10.1 Å². The van der Waals surface area contributed by atoms with Crippen LogP contribution in [0, 0.1) is 0 Å². The first-order valence-corrected chi connectivity index (χ1v) is 6.90. The van der Waals surface area contributed by atoms with Crippen LogP contribution in [0.1, 0.15) is 36.5 Å². The average Bonchev–Trinajstić information content (AvgIpc) is 2.44. The van der Waals surface area contributed by atoms with Crippen LogP contribution in [0.4, 0.5) is 0 Å². The third-order valence-electron chi connectivity index (χ3n) is 2.89. The van der Waals surface area contributed by atoms with Crippen molar-refractivity contribution in [2.45, 2.75) is 32.2 Å². The molecule has 0 spiro atoms. The summed E-state index contributed by atoms with van der Waals surface area (Å²) in [4.78, 5) is 22.7. The summed E-state index contributed by atoms with van der Waals surface area (Å²) in [5, 5.41) is 11.4. The van der Waals surface area contributed by atoms with Crippen LogP contribution in [0.5, 0.6) is 5.75 Å². The van der Waals surface area contributed by atoms with Crippen molar-refractivity contribution in [3.63, 3.8) is 0 Å². The van der Waals surface area contributed by atoms with Crippen molar-refractivity contribution in [2.75, 3.05) is 6.61 Å². The fourth-order valence-electron chi connectivity index (χ4n) is 1.86. The van der Waals surface area contributed by atoms with Gasteiger partial charge >= 0.3 is 5.97 Å². The van der Waals surface area contributed by atoms with Gasteiger partial charge in [0.25, 0.3) is 5.91 Å². The molecule has 0 aliphatic carbocycles. The predicted octanol–water partition coefficient (Wildman–Crippen LogP) is 2.62. The van der Waals surface area contributed by atoms with E-state index in [2.05, 4.69) is 11.9 Å². The maximum Gasteiger partial charge on any atom is 0.303 e. The molecule has 0 bridgehead atoms. The first kappa shape index (κ1) is 16.8. The predicted molar refractivity (Wildman–Crippen MR) is 80.5 cm³/mol. The lowest BCUT2D eigenvalue weighted by Gasteiger charge is -2.15. The Morgan fingerprint density at radius 2 is 2.14 bits per heavy atom. The van der Waals surface area contributed by atoms with E-state index in [9.17, 15) is 9.59 Å². The maximum absolute atomic E-state index is 12.2. The number of para-hydroxylation sites is 1. The monoisotopic (exact) mass is 291 g/mol. The standard InChI is InChI=1S/C16H21NO4/c1-3-11-21-14-9-5-4-8-13(14)16(20)17-12(2)7-6-10-15(18)19/h3-5,8-9,12H,1,6-7,10-11H2,2H3,(H,17,20)(H,18,19). The smallest absolute Gasteiger partial charge is 0.303 e. The number of amides is 1. The minimum atomic E-state index is -0.823. The number of carbonyl (C=O) groups excluding carboxylic acids is 1. The summed E-state index contributed by atoms with van der Waals surface area (Å²) in [5.41, 5.74) is 0.462. The van der Waals surface area contributed by atoms with Crippen LogP contribution in [-0.4, -0.2) is 29.6 Å². The summed E-state index contributed by atoms with van der Waals surface area (Å²) in [6.07, 6.45) is 2.88. The van der Waals surface area contributed by atoms with E-state index in [-0.39, 0.29) is 18.4 Å². The largest absolute Gasteiger partial charge is 0.489 e. The fraction of sp³-hybridized carbons (Fsp3) is 0.375. The summed E-state index contributed by atoms with van der Waals surface area (Å²) in [6.45, 7) is 5.76. The third-order valence-corrected chi connectivity index (χ3v) is 2.89. The van der Waals surface area contributed by atoms with Gasteiger partial charge in [-0.05, 0) is 31.9 Å². The molecule has 2 N–H and O–H groups in total. The van der Waals surface area contributed by atoms with E-state index in [1.807, 2.05) is 6.92 Å². The van der Waals surface area contributed by atoms with E-state index in [0.29, 0.717) is 30.8 Å². The summed E-state index contributed by atoms with van der Waals surface area (Å²) < 4.78 is 5.45. The normalized spacial score (nSPS) is 11.5. The van der Waals surface area contributed by atoms with E-state index in [4.69, 9.17) is 9.84 Å². The Morgan fingerprint density at radius 1 is 1.43 bits per heavy atom. The van der Waals surface area contributed by atoms with Gasteiger partial charge in [0, 0.05) is 12.5 Å². The van der Waals surface area contributed by atoms with E-state index < -0.39 is 5.97 Å². The van der Waals surface area contributed by atoms with E-state index in [1.165, 1.54) is 0 Å². The average molecular weight is 291 g/mol. The van der Waals surface area contributed by atoms with Crippen LogP contribution in [0.2, 0.25) is 0 Å². The van der Waals surface area contributed by atoms with Crippen molar-refractivity contribution in [1.82, 2.24) is 5.32 Å². The molecular weight excluding hydrogens is 270 g/mol. The van der Waals surface area contributed by atoms with Crippen molar-refractivity contribution in [2.24, 2.45) is 0 Å². The van der Waals surface area contributed by atoms with Gasteiger partial charge in [0.15, 0.2) is 0 Å². The second-order valence-electron chi connectivity index (χ2n) is 4.76. The van der Waals surface area contributed by atoms with Crippen molar-refractivity contribution in [3.05, 3.63) is 42.5 Å². The molecule has 5 nitrogen and oxygen atoms in total. The zero-order chi connectivity index (χ0) is 15.7. The van der Waals surface area contributed by atoms with Gasteiger partial charge in [0.2, 0.25) is 0 Å². The van der Waals surface area contributed by atoms with Crippen molar-refractivity contribution in [1.29, 1.82) is 0 Å². The van der Waals surface area contributed by atoms with Crippen LogP contribution in [0.3, 0.4) is 0 Å². The van der Waals surface area contributed by atoms with Gasteiger partial charge in [-0.25, -0.2) is 0 Å². The molecule has 1 atom stereocenters.